The van der Waals surface area contributed by atoms with Gasteiger partial charge >= 0.3 is 0 Å². The van der Waals surface area contributed by atoms with E-state index in [2.05, 4.69) is 10.5 Å². The first-order valence-corrected chi connectivity index (χ1v) is 10.1. The number of nitrogens with one attached hydrogen (secondary N) is 1. The van der Waals surface area contributed by atoms with Crippen molar-refractivity contribution in [3.8, 4) is 17.2 Å². The number of methoxy groups -OCH3 is 1. The van der Waals surface area contributed by atoms with Gasteiger partial charge in [0.25, 0.3) is 0 Å². The lowest BCUT2D eigenvalue weighted by molar-refractivity contribution is -0.116. The minimum Gasteiger partial charge on any atom is -0.508 e. The van der Waals surface area contributed by atoms with Crippen LogP contribution >= 0.6 is 0 Å². The number of hydrogen-bond donors (Lipinski definition) is 3. The molecule has 0 saturated heterocycles. The quantitative estimate of drug-likeness (QED) is 0.580. The highest BCUT2D eigenvalue weighted by molar-refractivity contribution is 6.01. The zero-order valence-corrected chi connectivity index (χ0v) is 17.2. The molecule has 1 aromatic heterocycles. The molecule has 5 rings (SSSR count). The molecule has 1 aliphatic carbocycles. The second kappa shape index (κ2) is 7.19. The highest BCUT2D eigenvalue weighted by Crippen LogP contribution is 2.49. The Morgan fingerprint density at radius 3 is 2.58 bits per heavy atom. The Balaban J connectivity index is 1.59. The minimum absolute atomic E-state index is 0.0510. The smallest absolute Gasteiger partial charge is 0.233 e. The normalized spacial score (nSPS) is 20.1. The van der Waals surface area contributed by atoms with Crippen molar-refractivity contribution in [3.63, 3.8) is 0 Å². The molecule has 2 aliphatic rings. The van der Waals surface area contributed by atoms with Crippen molar-refractivity contribution in [2.75, 3.05) is 12.4 Å². The van der Waals surface area contributed by atoms with E-state index in [9.17, 15) is 15.0 Å². The Bertz CT molecular complexity index is 1210. The van der Waals surface area contributed by atoms with Gasteiger partial charge in [0.05, 0.1) is 18.4 Å². The molecule has 7 heteroatoms. The van der Waals surface area contributed by atoms with Crippen molar-refractivity contribution in [1.82, 2.24) is 5.16 Å². The minimum atomic E-state index is -0.305. The number of phenolic OH excluding ortho intramolecular Hbond substituents is 2. The average Bonchev–Trinajstić information content (AvgIpc) is 3.13. The molecule has 0 saturated carbocycles. The number of fused-ring (bicyclic) bond motifs is 1. The number of hydrogen-bond acceptors (Lipinski definition) is 7. The van der Waals surface area contributed by atoms with Gasteiger partial charge in [0.2, 0.25) is 5.88 Å². The van der Waals surface area contributed by atoms with E-state index in [1.807, 2.05) is 25.1 Å². The standard InChI is InChI=1S/C24H22N2O5/c1-12-21-22(13-3-6-16(27)7-4-13)23-17(25-24(21)31-26-12)9-15(10-19(23)29)14-5-8-18(28)20(11-14)30-2/h3-8,11,15,22,25,27-28H,9-10H2,1-2H3/t15-,22-/m1/s1. The number of phenols is 2. The first-order chi connectivity index (χ1) is 15.0. The summed E-state index contributed by atoms with van der Waals surface area (Å²) in [5.74, 6) is 0.863. The molecule has 0 spiro atoms. The number of aromatic nitrogens is 1. The van der Waals surface area contributed by atoms with Crippen molar-refractivity contribution in [2.45, 2.75) is 31.6 Å². The Hall–Kier alpha value is -3.74. The van der Waals surface area contributed by atoms with Gasteiger partial charge in [-0.15, -0.1) is 0 Å². The number of carbonyl (C=O) groups is 1. The Morgan fingerprint density at radius 1 is 1.10 bits per heavy atom. The summed E-state index contributed by atoms with van der Waals surface area (Å²) in [6, 6.07) is 12.1. The molecule has 3 N–H and O–H groups in total. The Morgan fingerprint density at radius 2 is 1.84 bits per heavy atom. The molecule has 1 aliphatic heterocycles. The molecule has 2 atom stereocenters. The number of aromatic hydroxyl groups is 2. The third kappa shape index (κ3) is 3.13. The molecule has 2 heterocycles. The van der Waals surface area contributed by atoms with Crippen LogP contribution in [0.1, 0.15) is 47.1 Å². The molecule has 3 aromatic rings. The maximum Gasteiger partial charge on any atom is 0.233 e. The summed E-state index contributed by atoms with van der Waals surface area (Å²) in [5, 5.41) is 27.1. The SMILES string of the molecule is COc1cc([C@H]2CC(=O)C3=C(C2)Nc2onc(C)c2[C@H]3c2ccc(O)cc2)ccc1O. The van der Waals surface area contributed by atoms with Crippen LogP contribution in [0.25, 0.3) is 0 Å². The van der Waals surface area contributed by atoms with E-state index in [1.54, 1.807) is 24.3 Å². The van der Waals surface area contributed by atoms with E-state index in [4.69, 9.17) is 9.26 Å². The van der Waals surface area contributed by atoms with Crippen molar-refractivity contribution in [3.05, 3.63) is 76.1 Å². The summed E-state index contributed by atoms with van der Waals surface area (Å²) < 4.78 is 10.8. The van der Waals surface area contributed by atoms with Crippen LogP contribution in [0, 0.1) is 6.92 Å². The maximum atomic E-state index is 13.4. The lowest BCUT2D eigenvalue weighted by Gasteiger charge is -2.34. The molecule has 0 unspecified atom stereocenters. The third-order valence-corrected chi connectivity index (χ3v) is 6.16. The summed E-state index contributed by atoms with van der Waals surface area (Å²) in [6.45, 7) is 1.86. The number of allylic oxidation sites excluding steroid dienone is 2. The molecule has 0 radical (unpaired) electrons. The molecule has 0 bridgehead atoms. The van der Waals surface area contributed by atoms with Gasteiger partial charge < -0.3 is 24.8 Å². The fourth-order valence-electron chi connectivity index (χ4n) is 4.66. The highest BCUT2D eigenvalue weighted by Gasteiger charge is 2.41. The van der Waals surface area contributed by atoms with E-state index in [1.165, 1.54) is 7.11 Å². The summed E-state index contributed by atoms with van der Waals surface area (Å²) in [4.78, 5) is 13.4. The van der Waals surface area contributed by atoms with Crippen LogP contribution in [0.3, 0.4) is 0 Å². The van der Waals surface area contributed by atoms with Crippen LogP contribution in [-0.4, -0.2) is 28.3 Å². The van der Waals surface area contributed by atoms with Crippen molar-refractivity contribution < 1.29 is 24.3 Å². The largest absolute Gasteiger partial charge is 0.508 e. The van der Waals surface area contributed by atoms with Crippen LogP contribution in [0.15, 0.2) is 58.3 Å². The van der Waals surface area contributed by atoms with Crippen LogP contribution in [0.2, 0.25) is 0 Å². The zero-order valence-electron chi connectivity index (χ0n) is 17.2. The monoisotopic (exact) mass is 418 g/mol. The third-order valence-electron chi connectivity index (χ3n) is 6.16. The zero-order chi connectivity index (χ0) is 21.7. The van der Waals surface area contributed by atoms with Gasteiger partial charge in [0.1, 0.15) is 5.75 Å². The van der Waals surface area contributed by atoms with Crippen LogP contribution in [-0.2, 0) is 4.79 Å². The summed E-state index contributed by atoms with van der Waals surface area (Å²) >= 11 is 0. The fraction of sp³-hybridized carbons (Fsp3) is 0.250. The van der Waals surface area contributed by atoms with Gasteiger partial charge in [0.15, 0.2) is 17.3 Å². The Kier molecular flexibility index (Phi) is 4.46. The number of Topliss-reactive ketones (excluding diaryl/α,β-unsaturated/α-hetero) is 1. The average molecular weight is 418 g/mol. The maximum absolute atomic E-state index is 13.4. The van der Waals surface area contributed by atoms with E-state index in [0.717, 1.165) is 28.1 Å². The second-order valence-corrected chi connectivity index (χ2v) is 8.01. The molecule has 2 aromatic carbocycles. The molecular formula is C24H22N2O5. The van der Waals surface area contributed by atoms with E-state index in [0.29, 0.717) is 30.0 Å². The summed E-state index contributed by atoms with van der Waals surface area (Å²) in [5.41, 5.74) is 4.93. The van der Waals surface area contributed by atoms with E-state index >= 15 is 0 Å². The predicted octanol–water partition coefficient (Wildman–Crippen LogP) is 4.36. The second-order valence-electron chi connectivity index (χ2n) is 8.01. The van der Waals surface area contributed by atoms with Crippen molar-refractivity contribution in [1.29, 1.82) is 0 Å². The van der Waals surface area contributed by atoms with Gasteiger partial charge in [-0.2, -0.15) is 0 Å². The van der Waals surface area contributed by atoms with E-state index in [-0.39, 0.29) is 29.1 Å². The number of ether oxygens (including phenoxy) is 1. The van der Waals surface area contributed by atoms with E-state index < -0.39 is 0 Å². The van der Waals surface area contributed by atoms with Crippen molar-refractivity contribution >= 4 is 11.7 Å². The number of benzene rings is 2. The predicted molar refractivity (Wildman–Crippen MR) is 113 cm³/mol. The number of anilines is 1. The van der Waals surface area contributed by atoms with Crippen LogP contribution in [0.4, 0.5) is 5.88 Å². The number of nitrogens with zero attached hydrogens (tertiary/aromatic N) is 1. The summed E-state index contributed by atoms with van der Waals surface area (Å²) in [7, 11) is 1.50. The van der Waals surface area contributed by atoms with Gasteiger partial charge in [0, 0.05) is 23.6 Å². The number of ketones is 1. The number of rotatable bonds is 3. The van der Waals surface area contributed by atoms with Gasteiger partial charge in [-0.1, -0.05) is 23.4 Å². The first kappa shape index (κ1) is 19.2. The van der Waals surface area contributed by atoms with Crippen LogP contribution in [0.5, 0.6) is 17.2 Å². The molecule has 31 heavy (non-hydrogen) atoms. The number of carbonyl (C=O) groups excluding carboxylic acids is 1. The molecule has 158 valence electrons. The van der Waals surface area contributed by atoms with Gasteiger partial charge in [-0.05, 0) is 54.7 Å². The molecule has 7 nitrogen and oxygen atoms in total. The van der Waals surface area contributed by atoms with Crippen LogP contribution < -0.4 is 10.1 Å². The number of aryl methyl sites for hydroxylation is 1. The molecule has 0 fully saturated rings. The van der Waals surface area contributed by atoms with Crippen molar-refractivity contribution in [2.24, 2.45) is 0 Å². The summed E-state index contributed by atoms with van der Waals surface area (Å²) in [6.07, 6.45) is 0.964. The molecule has 0 amide bonds. The van der Waals surface area contributed by atoms with Gasteiger partial charge in [-0.3, -0.25) is 4.79 Å². The Labute approximate surface area is 179 Å². The fourth-order valence-corrected chi connectivity index (χ4v) is 4.66. The first-order valence-electron chi connectivity index (χ1n) is 10.1. The lowest BCUT2D eigenvalue weighted by atomic mass is 9.72. The lowest BCUT2D eigenvalue weighted by Crippen LogP contribution is -2.29. The topological polar surface area (TPSA) is 105 Å². The van der Waals surface area contributed by atoms with Gasteiger partial charge in [-0.25, -0.2) is 0 Å². The molecular weight excluding hydrogens is 396 g/mol. The highest BCUT2D eigenvalue weighted by atomic mass is 16.5.